The molecule has 1 atom stereocenters. The Morgan fingerprint density at radius 2 is 2.08 bits per heavy atom. The number of pyridine rings is 1. The minimum absolute atomic E-state index is 0.115. The molecule has 0 aliphatic heterocycles. The van der Waals surface area contributed by atoms with E-state index in [0.717, 1.165) is 16.6 Å². The first-order valence-electron chi connectivity index (χ1n) is 8.09. The van der Waals surface area contributed by atoms with Crippen LogP contribution in [0.15, 0.2) is 48.7 Å². The van der Waals surface area contributed by atoms with Crippen LogP contribution in [-0.2, 0) is 0 Å². The summed E-state index contributed by atoms with van der Waals surface area (Å²) in [6, 6.07) is 13.3. The number of benzene rings is 1. The van der Waals surface area contributed by atoms with Gasteiger partial charge >= 0.3 is 0 Å². The van der Waals surface area contributed by atoms with Crippen molar-refractivity contribution in [1.82, 2.24) is 19.8 Å². The van der Waals surface area contributed by atoms with Gasteiger partial charge in [-0.15, -0.1) is 0 Å². The van der Waals surface area contributed by atoms with Crippen LogP contribution in [-0.4, -0.2) is 41.1 Å². The first-order valence-corrected chi connectivity index (χ1v) is 8.47. The SMILES string of the molecule is Cc1cccc(C(CN(C)C)NC(=O)c2cc3cc(Cl)ccn3n2)c1. The maximum Gasteiger partial charge on any atom is 0.272 e. The quantitative estimate of drug-likeness (QED) is 0.762. The number of carbonyl (C=O) groups is 1. The van der Waals surface area contributed by atoms with E-state index in [4.69, 9.17) is 11.6 Å². The number of hydrogen-bond acceptors (Lipinski definition) is 3. The number of carbonyl (C=O) groups excluding carboxylic acids is 1. The van der Waals surface area contributed by atoms with Crippen molar-refractivity contribution in [3.63, 3.8) is 0 Å². The Bertz CT molecular complexity index is 903. The minimum atomic E-state index is -0.201. The van der Waals surface area contributed by atoms with Gasteiger partial charge in [-0.3, -0.25) is 4.79 Å². The Morgan fingerprint density at radius 3 is 2.80 bits per heavy atom. The summed E-state index contributed by atoms with van der Waals surface area (Å²) in [5, 5.41) is 8.04. The summed E-state index contributed by atoms with van der Waals surface area (Å²) < 4.78 is 1.65. The Hall–Kier alpha value is -2.37. The number of amides is 1. The molecule has 0 fully saturated rings. The summed E-state index contributed by atoms with van der Waals surface area (Å²) >= 11 is 6.00. The number of halogens is 1. The van der Waals surface area contributed by atoms with Gasteiger partial charge in [-0.2, -0.15) is 5.10 Å². The highest BCUT2D eigenvalue weighted by molar-refractivity contribution is 6.30. The molecule has 0 aliphatic rings. The Balaban J connectivity index is 1.85. The van der Waals surface area contributed by atoms with E-state index in [1.54, 1.807) is 28.9 Å². The molecule has 3 aromatic rings. The van der Waals surface area contributed by atoms with Crippen LogP contribution >= 0.6 is 11.6 Å². The molecule has 1 amide bonds. The van der Waals surface area contributed by atoms with Crippen molar-refractivity contribution < 1.29 is 4.79 Å². The van der Waals surface area contributed by atoms with Gasteiger partial charge in [-0.05, 0) is 44.8 Å². The minimum Gasteiger partial charge on any atom is -0.343 e. The van der Waals surface area contributed by atoms with Crippen molar-refractivity contribution in [2.45, 2.75) is 13.0 Å². The fourth-order valence-corrected chi connectivity index (χ4v) is 2.96. The lowest BCUT2D eigenvalue weighted by Gasteiger charge is -2.22. The third-order valence-corrected chi connectivity index (χ3v) is 4.19. The average molecular weight is 357 g/mol. The van der Waals surface area contributed by atoms with Gasteiger partial charge in [0.05, 0.1) is 11.6 Å². The highest BCUT2D eigenvalue weighted by atomic mass is 35.5. The first kappa shape index (κ1) is 17.5. The van der Waals surface area contributed by atoms with E-state index in [9.17, 15) is 4.79 Å². The second kappa shape index (κ2) is 7.25. The van der Waals surface area contributed by atoms with E-state index in [-0.39, 0.29) is 11.9 Å². The van der Waals surface area contributed by atoms with E-state index in [2.05, 4.69) is 21.4 Å². The van der Waals surface area contributed by atoms with Crippen molar-refractivity contribution >= 4 is 23.0 Å². The Kier molecular flexibility index (Phi) is 5.06. The standard InChI is InChI=1S/C19H21ClN4O/c1-13-5-4-6-14(9-13)18(12-23(2)3)21-19(25)17-11-16-10-15(20)7-8-24(16)22-17/h4-11,18H,12H2,1-3H3,(H,21,25). The molecule has 0 saturated heterocycles. The number of nitrogens with zero attached hydrogens (tertiary/aromatic N) is 3. The maximum atomic E-state index is 12.7. The summed E-state index contributed by atoms with van der Waals surface area (Å²) in [4.78, 5) is 14.8. The van der Waals surface area contributed by atoms with E-state index < -0.39 is 0 Å². The van der Waals surface area contributed by atoms with Gasteiger partial charge in [0.25, 0.3) is 5.91 Å². The second-order valence-corrected chi connectivity index (χ2v) is 6.88. The molecule has 0 saturated carbocycles. The van der Waals surface area contributed by atoms with E-state index in [1.165, 1.54) is 0 Å². The molecule has 0 bridgehead atoms. The van der Waals surface area contributed by atoms with Gasteiger partial charge in [-0.25, -0.2) is 4.52 Å². The summed E-state index contributed by atoms with van der Waals surface area (Å²) in [5.41, 5.74) is 3.41. The van der Waals surface area contributed by atoms with Crippen LogP contribution in [0, 0.1) is 6.92 Å². The molecule has 0 aliphatic carbocycles. The molecule has 5 nitrogen and oxygen atoms in total. The molecule has 3 rings (SSSR count). The lowest BCUT2D eigenvalue weighted by atomic mass is 10.0. The van der Waals surface area contributed by atoms with E-state index in [0.29, 0.717) is 17.3 Å². The molecule has 1 unspecified atom stereocenters. The largest absolute Gasteiger partial charge is 0.343 e. The summed E-state index contributed by atoms with van der Waals surface area (Å²) in [6.45, 7) is 2.75. The molecule has 6 heteroatoms. The van der Waals surface area contributed by atoms with Crippen LogP contribution in [0.3, 0.4) is 0 Å². The zero-order valence-corrected chi connectivity index (χ0v) is 15.3. The predicted molar refractivity (Wildman–Crippen MR) is 100 cm³/mol. The van der Waals surface area contributed by atoms with Crippen LogP contribution in [0.25, 0.3) is 5.52 Å². The fraction of sp³-hybridized carbons (Fsp3) is 0.263. The zero-order chi connectivity index (χ0) is 18.0. The molecule has 130 valence electrons. The van der Waals surface area contributed by atoms with Crippen LogP contribution in [0.1, 0.15) is 27.7 Å². The van der Waals surface area contributed by atoms with Crippen molar-refractivity contribution in [3.05, 3.63) is 70.5 Å². The molecule has 1 aromatic carbocycles. The Morgan fingerprint density at radius 1 is 1.28 bits per heavy atom. The molecular weight excluding hydrogens is 336 g/mol. The van der Waals surface area contributed by atoms with E-state index >= 15 is 0 Å². The molecule has 0 radical (unpaired) electrons. The third-order valence-electron chi connectivity index (χ3n) is 3.96. The van der Waals surface area contributed by atoms with Gasteiger partial charge in [-0.1, -0.05) is 41.4 Å². The first-order chi connectivity index (χ1) is 11.9. The maximum absolute atomic E-state index is 12.7. The summed E-state index contributed by atoms with van der Waals surface area (Å²) in [7, 11) is 3.98. The molecule has 2 aromatic heterocycles. The molecule has 2 heterocycles. The smallest absolute Gasteiger partial charge is 0.272 e. The number of fused-ring (bicyclic) bond motifs is 1. The van der Waals surface area contributed by atoms with Crippen molar-refractivity contribution in [2.24, 2.45) is 0 Å². The topological polar surface area (TPSA) is 49.6 Å². The van der Waals surface area contributed by atoms with Crippen LogP contribution in [0.2, 0.25) is 5.02 Å². The monoisotopic (exact) mass is 356 g/mol. The fourth-order valence-electron chi connectivity index (χ4n) is 2.80. The van der Waals surface area contributed by atoms with Crippen molar-refractivity contribution in [1.29, 1.82) is 0 Å². The number of aromatic nitrogens is 2. The average Bonchev–Trinajstić information content (AvgIpc) is 2.97. The molecular formula is C19H21ClN4O. The van der Waals surface area contributed by atoms with Gasteiger partial charge in [0.1, 0.15) is 0 Å². The summed E-state index contributed by atoms with van der Waals surface area (Å²) in [6.07, 6.45) is 1.74. The van der Waals surface area contributed by atoms with Crippen LogP contribution in [0.5, 0.6) is 0 Å². The normalized spacial score (nSPS) is 12.5. The number of likely N-dealkylation sites (N-methyl/N-ethyl adjacent to an activating group) is 1. The molecule has 1 N–H and O–H groups in total. The van der Waals surface area contributed by atoms with Gasteiger partial charge in [0.2, 0.25) is 0 Å². The Labute approximate surface area is 152 Å². The van der Waals surface area contributed by atoms with Crippen LogP contribution < -0.4 is 5.32 Å². The van der Waals surface area contributed by atoms with Gasteiger partial charge < -0.3 is 10.2 Å². The number of nitrogens with one attached hydrogen (secondary N) is 1. The van der Waals surface area contributed by atoms with Gasteiger partial charge in [0, 0.05) is 17.8 Å². The van der Waals surface area contributed by atoms with Crippen molar-refractivity contribution in [2.75, 3.05) is 20.6 Å². The summed E-state index contributed by atoms with van der Waals surface area (Å²) in [5.74, 6) is -0.201. The molecule has 25 heavy (non-hydrogen) atoms. The zero-order valence-electron chi connectivity index (χ0n) is 14.5. The van der Waals surface area contributed by atoms with Gasteiger partial charge in [0.15, 0.2) is 5.69 Å². The third kappa shape index (κ3) is 4.18. The lowest BCUT2D eigenvalue weighted by molar-refractivity contribution is 0.0924. The predicted octanol–water partition coefficient (Wildman–Crippen LogP) is 3.33. The molecule has 0 spiro atoms. The van der Waals surface area contributed by atoms with Crippen molar-refractivity contribution in [3.8, 4) is 0 Å². The van der Waals surface area contributed by atoms with Crippen LogP contribution in [0.4, 0.5) is 0 Å². The second-order valence-electron chi connectivity index (χ2n) is 6.45. The highest BCUT2D eigenvalue weighted by Gasteiger charge is 2.19. The number of aryl methyl sites for hydroxylation is 1. The number of hydrogen-bond donors (Lipinski definition) is 1. The van der Waals surface area contributed by atoms with E-state index in [1.807, 2.05) is 39.2 Å². The number of rotatable bonds is 5. The lowest BCUT2D eigenvalue weighted by Crippen LogP contribution is -2.35. The highest BCUT2D eigenvalue weighted by Crippen LogP contribution is 2.17.